The monoisotopic (exact) mass is 328 g/mol. The van der Waals surface area contributed by atoms with Gasteiger partial charge >= 0.3 is 0 Å². The zero-order valence-corrected chi connectivity index (χ0v) is 14.7. The summed E-state index contributed by atoms with van der Waals surface area (Å²) in [6.45, 7) is 3.01. The number of rotatable bonds is 8. The van der Waals surface area contributed by atoms with Crippen molar-refractivity contribution in [3.63, 3.8) is 0 Å². The Hall–Kier alpha value is -1.74. The molecule has 130 valence electrons. The molecule has 3 nitrogen and oxygen atoms in total. The van der Waals surface area contributed by atoms with E-state index in [1.165, 1.54) is 37.7 Å². The fraction of sp³-hybridized carbons (Fsp3) is 0.524. The Labute approximate surface area is 145 Å². The first-order valence-electron chi connectivity index (χ1n) is 9.12. The lowest BCUT2D eigenvalue weighted by atomic mass is 9.81. The molecule has 0 radical (unpaired) electrons. The van der Waals surface area contributed by atoms with Gasteiger partial charge in [0.2, 0.25) is 0 Å². The normalized spacial score (nSPS) is 23.5. The standard InChI is InChI=1S/C21H28O3/c1-3-4-5-6-8-18-19(16-10-12-17(22-2)13-11-16)15-24-21(18)20-9-7-14-23-20/h7,9-14,18-19,21H,3-6,8,15H2,1-2H3/t18-,19-,21+/m1/s1. The maximum Gasteiger partial charge on any atom is 0.132 e. The first-order chi connectivity index (χ1) is 11.8. The number of methoxy groups -OCH3 is 1. The number of hydrogen-bond donors (Lipinski definition) is 0. The number of hydrogen-bond acceptors (Lipinski definition) is 3. The largest absolute Gasteiger partial charge is 0.497 e. The van der Waals surface area contributed by atoms with Crippen LogP contribution in [-0.2, 0) is 4.74 Å². The molecule has 0 bridgehead atoms. The predicted molar refractivity (Wildman–Crippen MR) is 95.4 cm³/mol. The van der Waals surface area contributed by atoms with E-state index in [2.05, 4.69) is 19.1 Å². The van der Waals surface area contributed by atoms with Gasteiger partial charge in [0.15, 0.2) is 0 Å². The number of ether oxygens (including phenoxy) is 2. The Morgan fingerprint density at radius 3 is 2.58 bits per heavy atom. The van der Waals surface area contributed by atoms with Crippen LogP contribution in [0.5, 0.6) is 5.75 Å². The average Bonchev–Trinajstić information content (AvgIpc) is 3.28. The summed E-state index contributed by atoms with van der Waals surface area (Å²) in [5.41, 5.74) is 1.34. The van der Waals surface area contributed by atoms with Crippen molar-refractivity contribution in [1.29, 1.82) is 0 Å². The van der Waals surface area contributed by atoms with E-state index in [-0.39, 0.29) is 6.10 Å². The van der Waals surface area contributed by atoms with Crippen molar-refractivity contribution in [2.45, 2.75) is 51.0 Å². The quantitative estimate of drug-likeness (QED) is 0.580. The summed E-state index contributed by atoms with van der Waals surface area (Å²) in [4.78, 5) is 0. The fourth-order valence-electron chi connectivity index (χ4n) is 3.77. The molecule has 3 atom stereocenters. The van der Waals surface area contributed by atoms with Gasteiger partial charge in [-0.15, -0.1) is 0 Å². The van der Waals surface area contributed by atoms with E-state index in [9.17, 15) is 0 Å². The van der Waals surface area contributed by atoms with E-state index in [1.54, 1.807) is 13.4 Å². The Balaban J connectivity index is 1.75. The van der Waals surface area contributed by atoms with E-state index in [0.717, 1.165) is 18.1 Å². The van der Waals surface area contributed by atoms with Crippen LogP contribution in [-0.4, -0.2) is 13.7 Å². The maximum atomic E-state index is 6.17. The van der Waals surface area contributed by atoms with Gasteiger partial charge < -0.3 is 13.9 Å². The van der Waals surface area contributed by atoms with Gasteiger partial charge in [0.25, 0.3) is 0 Å². The second-order valence-electron chi connectivity index (χ2n) is 6.66. The molecule has 1 aromatic carbocycles. The van der Waals surface area contributed by atoms with Gasteiger partial charge in [-0.1, -0.05) is 44.7 Å². The van der Waals surface area contributed by atoms with E-state index < -0.39 is 0 Å². The number of furan rings is 1. The van der Waals surface area contributed by atoms with Crippen LogP contribution in [0.25, 0.3) is 0 Å². The van der Waals surface area contributed by atoms with Gasteiger partial charge in [0.05, 0.1) is 20.0 Å². The molecule has 3 heteroatoms. The highest BCUT2D eigenvalue weighted by atomic mass is 16.5. The smallest absolute Gasteiger partial charge is 0.132 e. The minimum Gasteiger partial charge on any atom is -0.497 e. The first kappa shape index (κ1) is 17.1. The molecule has 1 fully saturated rings. The summed E-state index contributed by atoms with van der Waals surface area (Å²) in [5.74, 6) is 2.76. The van der Waals surface area contributed by atoms with Crippen LogP contribution < -0.4 is 4.74 Å². The zero-order valence-electron chi connectivity index (χ0n) is 14.7. The number of benzene rings is 1. The molecule has 2 heterocycles. The summed E-state index contributed by atoms with van der Waals surface area (Å²) < 4.78 is 17.1. The van der Waals surface area contributed by atoms with Gasteiger partial charge in [-0.05, 0) is 36.2 Å². The molecule has 0 amide bonds. The molecule has 1 aliphatic rings. The summed E-state index contributed by atoms with van der Waals surface area (Å²) in [6, 6.07) is 12.4. The van der Waals surface area contributed by atoms with Crippen LogP contribution in [0.1, 0.15) is 62.4 Å². The maximum absolute atomic E-state index is 6.17. The Morgan fingerprint density at radius 1 is 1.08 bits per heavy atom. The average molecular weight is 328 g/mol. The second-order valence-corrected chi connectivity index (χ2v) is 6.66. The topological polar surface area (TPSA) is 31.6 Å². The van der Waals surface area contributed by atoms with Crippen LogP contribution >= 0.6 is 0 Å². The van der Waals surface area contributed by atoms with Gasteiger partial charge in [0, 0.05) is 11.8 Å². The minimum atomic E-state index is 0.0775. The van der Waals surface area contributed by atoms with Crippen LogP contribution in [0.3, 0.4) is 0 Å². The minimum absolute atomic E-state index is 0.0775. The third kappa shape index (κ3) is 3.84. The zero-order chi connectivity index (χ0) is 16.8. The van der Waals surface area contributed by atoms with Crippen LogP contribution in [0, 0.1) is 5.92 Å². The van der Waals surface area contributed by atoms with Crippen molar-refractivity contribution in [3.05, 3.63) is 54.0 Å². The highest BCUT2D eigenvalue weighted by Crippen LogP contribution is 2.46. The molecule has 0 N–H and O–H groups in total. The molecule has 0 aliphatic carbocycles. The predicted octanol–water partition coefficient (Wildman–Crippen LogP) is 5.73. The van der Waals surface area contributed by atoms with Crippen molar-refractivity contribution in [1.82, 2.24) is 0 Å². The SMILES string of the molecule is CCCCCC[C@@H]1[C@@H](c2ccc(OC)cc2)CO[C@@H]1c1ccco1. The van der Waals surface area contributed by atoms with Gasteiger partial charge in [0.1, 0.15) is 17.6 Å². The van der Waals surface area contributed by atoms with E-state index in [1.807, 2.05) is 24.3 Å². The molecule has 2 aromatic rings. The van der Waals surface area contributed by atoms with Crippen LogP contribution in [0.15, 0.2) is 47.1 Å². The lowest BCUT2D eigenvalue weighted by Gasteiger charge is -2.22. The Kier molecular flexibility index (Phi) is 5.97. The molecule has 0 spiro atoms. The molecule has 1 aromatic heterocycles. The summed E-state index contributed by atoms with van der Waals surface area (Å²) >= 11 is 0. The van der Waals surface area contributed by atoms with Gasteiger partial charge in [-0.2, -0.15) is 0 Å². The molecule has 24 heavy (non-hydrogen) atoms. The summed E-state index contributed by atoms with van der Waals surface area (Å²) in [5, 5.41) is 0. The molecule has 0 saturated carbocycles. The van der Waals surface area contributed by atoms with E-state index >= 15 is 0 Å². The van der Waals surface area contributed by atoms with Crippen molar-refractivity contribution < 1.29 is 13.9 Å². The van der Waals surface area contributed by atoms with Crippen LogP contribution in [0.4, 0.5) is 0 Å². The summed E-state index contributed by atoms with van der Waals surface area (Å²) in [7, 11) is 1.71. The Morgan fingerprint density at radius 2 is 1.92 bits per heavy atom. The number of unbranched alkanes of at least 4 members (excludes halogenated alkanes) is 3. The second kappa shape index (κ2) is 8.39. The van der Waals surface area contributed by atoms with Crippen molar-refractivity contribution in [2.24, 2.45) is 5.92 Å². The van der Waals surface area contributed by atoms with Crippen LogP contribution in [0.2, 0.25) is 0 Å². The van der Waals surface area contributed by atoms with Crippen molar-refractivity contribution >= 4 is 0 Å². The third-order valence-corrected chi connectivity index (χ3v) is 5.12. The molecule has 1 saturated heterocycles. The third-order valence-electron chi connectivity index (χ3n) is 5.12. The first-order valence-corrected chi connectivity index (χ1v) is 9.12. The highest BCUT2D eigenvalue weighted by Gasteiger charge is 2.39. The van der Waals surface area contributed by atoms with Crippen molar-refractivity contribution in [3.8, 4) is 5.75 Å². The Bertz CT molecular complexity index is 588. The van der Waals surface area contributed by atoms with E-state index in [4.69, 9.17) is 13.9 Å². The molecule has 0 unspecified atom stereocenters. The fourth-order valence-corrected chi connectivity index (χ4v) is 3.77. The van der Waals surface area contributed by atoms with E-state index in [0.29, 0.717) is 11.8 Å². The van der Waals surface area contributed by atoms with Crippen molar-refractivity contribution in [2.75, 3.05) is 13.7 Å². The highest BCUT2D eigenvalue weighted by molar-refractivity contribution is 5.31. The molecular formula is C21H28O3. The lowest BCUT2D eigenvalue weighted by Crippen LogP contribution is -2.14. The molecule has 1 aliphatic heterocycles. The van der Waals surface area contributed by atoms with Gasteiger partial charge in [-0.3, -0.25) is 0 Å². The molecule has 3 rings (SSSR count). The molecular weight excluding hydrogens is 300 g/mol. The van der Waals surface area contributed by atoms with Gasteiger partial charge in [-0.25, -0.2) is 0 Å². The summed E-state index contributed by atoms with van der Waals surface area (Å²) in [6.07, 6.45) is 8.14. The lowest BCUT2D eigenvalue weighted by molar-refractivity contribution is 0.0697.